The maximum Gasteiger partial charge on any atom is 0.213 e. The van der Waals surface area contributed by atoms with Gasteiger partial charge in [-0.05, 0) is 12.1 Å². The molecular formula is C12H10N2O. The number of methoxy groups -OCH3 is 1. The number of nitrogens with zero attached hydrogens (tertiary/aromatic N) is 1. The molecule has 0 amide bonds. The summed E-state index contributed by atoms with van der Waals surface area (Å²) in [6.45, 7) is 0. The number of aromatic nitrogens is 2. The molecule has 15 heavy (non-hydrogen) atoms. The Morgan fingerprint density at radius 1 is 1.07 bits per heavy atom. The lowest BCUT2D eigenvalue weighted by atomic mass is 10.2. The van der Waals surface area contributed by atoms with Crippen LogP contribution in [0, 0.1) is 0 Å². The molecule has 0 aliphatic carbocycles. The summed E-state index contributed by atoms with van der Waals surface area (Å²) in [6, 6.07) is 12.0. The Kier molecular flexibility index (Phi) is 1.65. The molecule has 3 aromatic rings. The number of H-pyrrole nitrogens is 1. The summed E-state index contributed by atoms with van der Waals surface area (Å²) in [6.07, 6.45) is 0. The first kappa shape index (κ1) is 8.29. The molecule has 3 nitrogen and oxygen atoms in total. The van der Waals surface area contributed by atoms with Crippen LogP contribution in [0.5, 0.6) is 5.88 Å². The zero-order valence-corrected chi connectivity index (χ0v) is 8.32. The number of pyridine rings is 1. The van der Waals surface area contributed by atoms with Crippen LogP contribution in [0.4, 0.5) is 0 Å². The lowest BCUT2D eigenvalue weighted by Gasteiger charge is -1.97. The van der Waals surface area contributed by atoms with Gasteiger partial charge in [0.25, 0.3) is 0 Å². The number of nitrogens with one attached hydrogen (secondary N) is 1. The molecule has 74 valence electrons. The molecule has 1 aromatic carbocycles. The summed E-state index contributed by atoms with van der Waals surface area (Å²) >= 11 is 0. The fourth-order valence-corrected chi connectivity index (χ4v) is 1.80. The molecule has 2 aromatic heterocycles. The van der Waals surface area contributed by atoms with Crippen LogP contribution in [0.1, 0.15) is 0 Å². The highest BCUT2D eigenvalue weighted by atomic mass is 16.5. The largest absolute Gasteiger partial charge is 0.481 e. The van der Waals surface area contributed by atoms with Crippen molar-refractivity contribution in [3.63, 3.8) is 0 Å². The monoisotopic (exact) mass is 198 g/mol. The Morgan fingerprint density at radius 3 is 2.80 bits per heavy atom. The van der Waals surface area contributed by atoms with Gasteiger partial charge in [0.2, 0.25) is 5.88 Å². The molecule has 0 saturated heterocycles. The highest BCUT2D eigenvalue weighted by Crippen LogP contribution is 2.24. The highest BCUT2D eigenvalue weighted by molar-refractivity contribution is 6.04. The zero-order valence-electron chi connectivity index (χ0n) is 8.32. The van der Waals surface area contributed by atoms with E-state index in [0.717, 1.165) is 21.9 Å². The van der Waals surface area contributed by atoms with Crippen molar-refractivity contribution in [3.8, 4) is 5.88 Å². The van der Waals surface area contributed by atoms with Gasteiger partial charge in [-0.25, -0.2) is 4.98 Å². The first-order chi connectivity index (χ1) is 7.38. The molecule has 3 rings (SSSR count). The number of para-hydroxylation sites is 1. The van der Waals surface area contributed by atoms with Crippen molar-refractivity contribution >= 4 is 21.9 Å². The molecule has 1 N–H and O–H groups in total. The number of fused-ring (bicyclic) bond motifs is 3. The van der Waals surface area contributed by atoms with Crippen LogP contribution in [0.25, 0.3) is 21.9 Å². The van der Waals surface area contributed by atoms with Gasteiger partial charge >= 0.3 is 0 Å². The average Bonchev–Trinajstić information content (AvgIpc) is 2.66. The Morgan fingerprint density at radius 2 is 1.93 bits per heavy atom. The number of aromatic amines is 1. The minimum absolute atomic E-state index is 0.646. The molecule has 0 radical (unpaired) electrons. The van der Waals surface area contributed by atoms with Gasteiger partial charge in [0.15, 0.2) is 0 Å². The van der Waals surface area contributed by atoms with E-state index in [1.165, 1.54) is 0 Å². The SMILES string of the molecule is COc1ccc2[nH]c3ccccc3c2n1. The number of benzene rings is 1. The zero-order chi connectivity index (χ0) is 10.3. The fourth-order valence-electron chi connectivity index (χ4n) is 1.80. The smallest absolute Gasteiger partial charge is 0.213 e. The van der Waals surface area contributed by atoms with Crippen LogP contribution in [0.15, 0.2) is 36.4 Å². The summed E-state index contributed by atoms with van der Waals surface area (Å²) in [7, 11) is 1.63. The third kappa shape index (κ3) is 1.16. The minimum atomic E-state index is 0.646. The highest BCUT2D eigenvalue weighted by Gasteiger charge is 2.05. The van der Waals surface area contributed by atoms with E-state index in [0.29, 0.717) is 5.88 Å². The fraction of sp³-hybridized carbons (Fsp3) is 0.0833. The molecular weight excluding hydrogens is 188 g/mol. The molecule has 0 bridgehead atoms. The van der Waals surface area contributed by atoms with E-state index in [4.69, 9.17) is 4.74 Å². The quantitative estimate of drug-likeness (QED) is 0.652. The third-order valence-electron chi connectivity index (χ3n) is 2.53. The van der Waals surface area contributed by atoms with Gasteiger partial charge in [-0.3, -0.25) is 0 Å². The van der Waals surface area contributed by atoms with E-state index >= 15 is 0 Å². The normalized spacial score (nSPS) is 11.0. The molecule has 0 saturated carbocycles. The average molecular weight is 198 g/mol. The Balaban J connectivity index is 2.46. The Hall–Kier alpha value is -2.03. The second-order valence-electron chi connectivity index (χ2n) is 3.42. The maximum absolute atomic E-state index is 5.12. The molecule has 3 heteroatoms. The molecule has 2 heterocycles. The number of rotatable bonds is 1. The van der Waals surface area contributed by atoms with E-state index in [1.54, 1.807) is 7.11 Å². The van der Waals surface area contributed by atoms with Crippen molar-refractivity contribution < 1.29 is 4.74 Å². The van der Waals surface area contributed by atoms with Crippen molar-refractivity contribution in [3.05, 3.63) is 36.4 Å². The number of hydrogen-bond donors (Lipinski definition) is 1. The second-order valence-corrected chi connectivity index (χ2v) is 3.42. The predicted molar refractivity (Wildman–Crippen MR) is 60.2 cm³/mol. The van der Waals surface area contributed by atoms with Gasteiger partial charge < -0.3 is 9.72 Å². The van der Waals surface area contributed by atoms with Gasteiger partial charge in [0, 0.05) is 17.0 Å². The van der Waals surface area contributed by atoms with E-state index in [2.05, 4.69) is 16.0 Å². The topological polar surface area (TPSA) is 37.9 Å². The Labute approximate surface area is 86.7 Å². The summed E-state index contributed by atoms with van der Waals surface area (Å²) in [4.78, 5) is 7.74. The lowest BCUT2D eigenvalue weighted by Crippen LogP contribution is -1.86. The van der Waals surface area contributed by atoms with E-state index < -0.39 is 0 Å². The second kappa shape index (κ2) is 2.98. The molecule has 0 aliphatic heterocycles. The van der Waals surface area contributed by atoms with Crippen LogP contribution in [0.2, 0.25) is 0 Å². The number of ether oxygens (including phenoxy) is 1. The summed E-state index contributed by atoms with van der Waals surface area (Å²) in [5.41, 5.74) is 3.11. The van der Waals surface area contributed by atoms with Gasteiger partial charge in [-0.15, -0.1) is 0 Å². The van der Waals surface area contributed by atoms with Gasteiger partial charge in [0.05, 0.1) is 18.1 Å². The third-order valence-corrected chi connectivity index (χ3v) is 2.53. The van der Waals surface area contributed by atoms with Crippen LogP contribution in [-0.2, 0) is 0 Å². The molecule has 0 atom stereocenters. The van der Waals surface area contributed by atoms with Gasteiger partial charge in [0.1, 0.15) is 0 Å². The van der Waals surface area contributed by atoms with E-state index in [-0.39, 0.29) is 0 Å². The maximum atomic E-state index is 5.12. The van der Waals surface area contributed by atoms with Crippen LogP contribution in [0.3, 0.4) is 0 Å². The molecule has 0 fully saturated rings. The van der Waals surface area contributed by atoms with Crippen LogP contribution >= 0.6 is 0 Å². The van der Waals surface area contributed by atoms with Crippen LogP contribution in [-0.4, -0.2) is 17.1 Å². The van der Waals surface area contributed by atoms with Crippen molar-refractivity contribution in [2.24, 2.45) is 0 Å². The molecule has 0 aliphatic rings. The first-order valence-electron chi connectivity index (χ1n) is 4.80. The number of hydrogen-bond acceptors (Lipinski definition) is 2. The van der Waals surface area contributed by atoms with Crippen LogP contribution < -0.4 is 4.74 Å². The van der Waals surface area contributed by atoms with Crippen molar-refractivity contribution in [1.29, 1.82) is 0 Å². The molecule has 0 spiro atoms. The van der Waals surface area contributed by atoms with Crippen molar-refractivity contribution in [1.82, 2.24) is 9.97 Å². The Bertz CT molecular complexity index is 628. The van der Waals surface area contributed by atoms with Crippen molar-refractivity contribution in [2.75, 3.05) is 7.11 Å². The molecule has 0 unspecified atom stereocenters. The lowest BCUT2D eigenvalue weighted by molar-refractivity contribution is 0.399. The minimum Gasteiger partial charge on any atom is -0.481 e. The summed E-state index contributed by atoms with van der Waals surface area (Å²) in [5, 5.41) is 1.13. The van der Waals surface area contributed by atoms with Gasteiger partial charge in [-0.2, -0.15) is 0 Å². The van der Waals surface area contributed by atoms with Crippen molar-refractivity contribution in [2.45, 2.75) is 0 Å². The summed E-state index contributed by atoms with van der Waals surface area (Å²) in [5.74, 6) is 0.646. The van der Waals surface area contributed by atoms with E-state index in [9.17, 15) is 0 Å². The predicted octanol–water partition coefficient (Wildman–Crippen LogP) is 2.72. The van der Waals surface area contributed by atoms with Gasteiger partial charge in [-0.1, -0.05) is 18.2 Å². The first-order valence-corrected chi connectivity index (χ1v) is 4.80. The summed E-state index contributed by atoms with van der Waals surface area (Å²) < 4.78 is 5.12. The standard InChI is InChI=1S/C12H10N2O/c1-15-11-7-6-10-12(14-11)8-4-2-3-5-9(8)13-10/h2-7,13H,1H3. The van der Waals surface area contributed by atoms with E-state index in [1.807, 2.05) is 30.3 Å².